The van der Waals surface area contributed by atoms with Crippen molar-refractivity contribution in [3.05, 3.63) is 0 Å². The van der Waals surface area contributed by atoms with Crippen LogP contribution in [0.5, 0.6) is 0 Å². The molecule has 0 rings (SSSR count). The predicted octanol–water partition coefficient (Wildman–Crippen LogP) is 1.52. The van der Waals surface area contributed by atoms with E-state index in [1.165, 1.54) is 24.9 Å². The van der Waals surface area contributed by atoms with Crippen LogP contribution in [0.3, 0.4) is 0 Å². The van der Waals surface area contributed by atoms with Crippen LogP contribution in [0.4, 0.5) is 0 Å². The first-order valence-electron chi connectivity index (χ1n) is 5.55. The topological polar surface area (TPSA) is 44.5 Å². The third-order valence-corrected chi connectivity index (χ3v) is 6.17. The molecule has 86 valence electrons. The average molecular weight is 219 g/mol. The lowest BCUT2D eigenvalue weighted by molar-refractivity contribution is -0.0476. The van der Waals surface area contributed by atoms with Gasteiger partial charge in [0.15, 0.2) is 0 Å². The molecule has 0 bridgehead atoms. The van der Waals surface area contributed by atoms with Gasteiger partial charge in [-0.05, 0) is 13.0 Å². The zero-order valence-corrected chi connectivity index (χ0v) is 10.9. The Bertz CT molecular complexity index is 113. The van der Waals surface area contributed by atoms with Crippen LogP contribution >= 0.6 is 0 Å². The third-order valence-electron chi connectivity index (χ3n) is 2.56. The Morgan fingerprint density at radius 1 is 1.14 bits per heavy atom. The second-order valence-corrected chi connectivity index (χ2v) is 6.89. The molecule has 1 atom stereocenters. The highest BCUT2D eigenvalue weighted by Gasteiger charge is 2.21. The number of unbranched alkanes of at least 4 members (excludes halogenated alkanes) is 1. The van der Waals surface area contributed by atoms with Crippen LogP contribution in [0.15, 0.2) is 0 Å². The van der Waals surface area contributed by atoms with E-state index in [4.69, 9.17) is 15.2 Å². The van der Waals surface area contributed by atoms with Crippen molar-refractivity contribution in [3.63, 3.8) is 0 Å². The van der Waals surface area contributed by atoms with E-state index in [2.05, 4.69) is 6.92 Å². The summed E-state index contributed by atoms with van der Waals surface area (Å²) >= 11 is 0. The van der Waals surface area contributed by atoms with E-state index in [1.807, 2.05) is 0 Å². The molecule has 0 spiro atoms. The van der Waals surface area contributed by atoms with Gasteiger partial charge < -0.3 is 15.2 Å². The van der Waals surface area contributed by atoms with E-state index in [0.29, 0.717) is 0 Å². The Hall–Kier alpha value is 0.0969. The van der Waals surface area contributed by atoms with E-state index in [9.17, 15) is 0 Å². The Morgan fingerprint density at radius 3 is 2.14 bits per heavy atom. The van der Waals surface area contributed by atoms with Gasteiger partial charge in [-0.2, -0.15) is 0 Å². The van der Waals surface area contributed by atoms with Gasteiger partial charge in [-0.15, -0.1) is 0 Å². The highest BCUT2D eigenvalue weighted by molar-refractivity contribution is 6.59. The quantitative estimate of drug-likeness (QED) is 0.472. The van der Waals surface area contributed by atoms with Crippen molar-refractivity contribution in [2.75, 3.05) is 20.8 Å². The molecular formula is C10H25NO2Si. The molecule has 0 aliphatic rings. The molecule has 3 nitrogen and oxygen atoms in total. The summed E-state index contributed by atoms with van der Waals surface area (Å²) in [5.74, 6) is 0.0769. The summed E-state index contributed by atoms with van der Waals surface area (Å²) in [5.41, 5.74) is 5.53. The van der Waals surface area contributed by atoms with Crippen LogP contribution < -0.4 is 5.73 Å². The fraction of sp³-hybridized carbons (Fsp3) is 1.00. The minimum atomic E-state index is -0.908. The van der Waals surface area contributed by atoms with Gasteiger partial charge >= 0.3 is 0 Å². The maximum Gasteiger partial charge on any atom is 0.137 e. The van der Waals surface area contributed by atoms with Gasteiger partial charge in [0.05, 0.1) is 0 Å². The number of rotatable bonds is 9. The summed E-state index contributed by atoms with van der Waals surface area (Å²) in [6.45, 7) is 3.01. The maximum atomic E-state index is 5.53. The van der Waals surface area contributed by atoms with Crippen molar-refractivity contribution in [3.8, 4) is 0 Å². The molecule has 0 amide bonds. The normalized spacial score (nSPS) is 13.5. The SMILES string of the molecule is CCCC[SiH](CCCN)C(OC)OC. The molecule has 0 aromatic rings. The Morgan fingerprint density at radius 2 is 1.71 bits per heavy atom. The lowest BCUT2D eigenvalue weighted by Gasteiger charge is -2.23. The number of nitrogens with two attached hydrogens (primary N) is 1. The van der Waals surface area contributed by atoms with E-state index in [1.54, 1.807) is 14.2 Å². The van der Waals surface area contributed by atoms with Crippen LogP contribution in [-0.2, 0) is 9.47 Å². The van der Waals surface area contributed by atoms with Gasteiger partial charge in [-0.1, -0.05) is 31.9 Å². The van der Waals surface area contributed by atoms with E-state index in [-0.39, 0.29) is 5.91 Å². The molecule has 2 N–H and O–H groups in total. The lowest BCUT2D eigenvalue weighted by atomic mass is 10.4. The summed E-state index contributed by atoms with van der Waals surface area (Å²) in [6, 6.07) is 2.55. The maximum absolute atomic E-state index is 5.53. The van der Waals surface area contributed by atoms with Crippen LogP contribution in [0.25, 0.3) is 0 Å². The highest BCUT2D eigenvalue weighted by atomic mass is 28.3. The predicted molar refractivity (Wildman–Crippen MR) is 63.1 cm³/mol. The Kier molecular flexibility index (Phi) is 9.71. The molecular weight excluding hydrogens is 194 g/mol. The number of ether oxygens (including phenoxy) is 2. The minimum Gasteiger partial charge on any atom is -0.360 e. The molecule has 0 aliphatic carbocycles. The summed E-state index contributed by atoms with van der Waals surface area (Å²) < 4.78 is 10.7. The summed E-state index contributed by atoms with van der Waals surface area (Å²) in [4.78, 5) is 0. The van der Waals surface area contributed by atoms with Crippen molar-refractivity contribution in [1.29, 1.82) is 0 Å². The summed E-state index contributed by atoms with van der Waals surface area (Å²) in [6.07, 6.45) is 3.67. The zero-order chi connectivity index (χ0) is 10.8. The van der Waals surface area contributed by atoms with Crippen molar-refractivity contribution in [1.82, 2.24) is 0 Å². The average Bonchev–Trinajstić information content (AvgIpc) is 2.22. The number of methoxy groups -OCH3 is 2. The van der Waals surface area contributed by atoms with E-state index >= 15 is 0 Å². The highest BCUT2D eigenvalue weighted by Crippen LogP contribution is 2.14. The Labute approximate surface area is 89.6 Å². The van der Waals surface area contributed by atoms with Crippen molar-refractivity contribution in [2.45, 2.75) is 44.2 Å². The molecule has 1 unspecified atom stereocenters. The molecule has 0 radical (unpaired) electrons. The summed E-state index contributed by atoms with van der Waals surface area (Å²) in [7, 11) is 2.57. The van der Waals surface area contributed by atoms with Gasteiger partial charge in [0.25, 0.3) is 0 Å². The number of hydrogen-bond acceptors (Lipinski definition) is 3. The van der Waals surface area contributed by atoms with Crippen molar-refractivity contribution < 1.29 is 9.47 Å². The van der Waals surface area contributed by atoms with E-state index in [0.717, 1.165) is 13.0 Å². The Balaban J connectivity index is 3.92. The molecule has 14 heavy (non-hydrogen) atoms. The van der Waals surface area contributed by atoms with Crippen molar-refractivity contribution >= 4 is 8.80 Å². The lowest BCUT2D eigenvalue weighted by Crippen LogP contribution is -2.34. The molecule has 0 saturated heterocycles. The molecule has 0 saturated carbocycles. The first-order chi connectivity index (χ1) is 6.79. The van der Waals surface area contributed by atoms with Crippen LogP contribution in [-0.4, -0.2) is 35.5 Å². The monoisotopic (exact) mass is 219 g/mol. The van der Waals surface area contributed by atoms with E-state index < -0.39 is 8.80 Å². The number of hydrogen-bond donors (Lipinski definition) is 1. The van der Waals surface area contributed by atoms with Crippen LogP contribution in [0, 0.1) is 0 Å². The van der Waals surface area contributed by atoms with Gasteiger partial charge in [-0.3, -0.25) is 0 Å². The molecule has 0 aromatic carbocycles. The zero-order valence-electron chi connectivity index (χ0n) is 9.79. The van der Waals surface area contributed by atoms with Crippen LogP contribution in [0.1, 0.15) is 26.2 Å². The standard InChI is InChI=1S/C10H25NO2Si/c1-4-5-8-14(9-6-7-11)10(12-2)13-3/h10,14H,4-9,11H2,1-3H3. The molecule has 0 aromatic heterocycles. The van der Waals surface area contributed by atoms with Crippen LogP contribution in [0.2, 0.25) is 12.1 Å². The molecule has 0 aliphatic heterocycles. The smallest absolute Gasteiger partial charge is 0.137 e. The largest absolute Gasteiger partial charge is 0.360 e. The first kappa shape index (κ1) is 14.1. The summed E-state index contributed by atoms with van der Waals surface area (Å²) in [5, 5.41) is 0. The minimum absolute atomic E-state index is 0.0769. The van der Waals surface area contributed by atoms with Gasteiger partial charge in [0, 0.05) is 14.2 Å². The fourth-order valence-electron chi connectivity index (χ4n) is 1.74. The second-order valence-electron chi connectivity index (χ2n) is 3.67. The molecule has 4 heteroatoms. The molecule has 0 fully saturated rings. The molecule has 0 heterocycles. The third kappa shape index (κ3) is 5.75. The first-order valence-corrected chi connectivity index (χ1v) is 7.85. The van der Waals surface area contributed by atoms with Gasteiger partial charge in [-0.25, -0.2) is 0 Å². The van der Waals surface area contributed by atoms with Gasteiger partial charge in [0.2, 0.25) is 0 Å². The van der Waals surface area contributed by atoms with Gasteiger partial charge in [0.1, 0.15) is 14.7 Å². The second kappa shape index (κ2) is 9.64. The van der Waals surface area contributed by atoms with Crippen molar-refractivity contribution in [2.24, 2.45) is 5.73 Å². The fourth-order valence-corrected chi connectivity index (χ4v) is 5.04.